The maximum atomic E-state index is 13.2. The number of imide groups is 2. The fourth-order valence-electron chi connectivity index (χ4n) is 7.00. The van der Waals surface area contributed by atoms with Gasteiger partial charge in [0.2, 0.25) is 0 Å². The number of hydrogen-bond donors (Lipinski definition) is 0. The highest BCUT2D eigenvalue weighted by atomic mass is 16.5. The van der Waals surface area contributed by atoms with Crippen molar-refractivity contribution in [3.63, 3.8) is 0 Å². The first kappa shape index (κ1) is 41.2. The topological polar surface area (TPSA) is 180 Å². The SMILES string of the molecule is CCN1C(=O)c2ccc(-c3ccc4c(c3)C(=O)N(COC(=O)c3ccc5cc(C(=O)OC)ccc5c3)C4=O)cc2C1=O.CCOC(=O)c1ccc2cc(C(=O)OC)ccc2c1. The van der Waals surface area contributed by atoms with E-state index in [-0.39, 0.29) is 52.6 Å². The van der Waals surface area contributed by atoms with Gasteiger partial charge in [-0.15, -0.1) is 0 Å². The Morgan fingerprint density at radius 2 is 0.787 bits per heavy atom. The third kappa shape index (κ3) is 7.93. The highest BCUT2D eigenvalue weighted by Gasteiger charge is 2.37. The Morgan fingerprint density at radius 1 is 0.426 bits per heavy atom. The van der Waals surface area contributed by atoms with E-state index in [9.17, 15) is 38.4 Å². The number of fused-ring (bicyclic) bond motifs is 4. The number of carbonyl (C=O) groups is 8. The van der Waals surface area contributed by atoms with Crippen LogP contribution in [0.5, 0.6) is 0 Å². The predicted octanol–water partition coefficient (Wildman–Crippen LogP) is 7.12. The molecule has 0 aliphatic carbocycles. The van der Waals surface area contributed by atoms with Crippen LogP contribution in [-0.2, 0) is 18.9 Å². The molecule has 0 spiro atoms. The summed E-state index contributed by atoms with van der Waals surface area (Å²) in [5, 5.41) is 3.15. The fourth-order valence-corrected chi connectivity index (χ4v) is 7.00. The second-order valence-corrected chi connectivity index (χ2v) is 13.7. The lowest BCUT2D eigenvalue weighted by Crippen LogP contribution is -2.33. The summed E-state index contributed by atoms with van der Waals surface area (Å²) < 4.78 is 19.7. The van der Waals surface area contributed by atoms with E-state index in [1.165, 1.54) is 26.4 Å². The van der Waals surface area contributed by atoms with E-state index < -0.39 is 30.5 Å². The van der Waals surface area contributed by atoms with Gasteiger partial charge in [-0.2, -0.15) is 0 Å². The van der Waals surface area contributed by atoms with Gasteiger partial charge in [-0.1, -0.05) is 36.4 Å². The zero-order chi connectivity index (χ0) is 43.5. The lowest BCUT2D eigenvalue weighted by atomic mass is 9.97. The Kier molecular flexibility index (Phi) is 11.5. The minimum absolute atomic E-state index is 0.138. The van der Waals surface area contributed by atoms with Crippen LogP contribution >= 0.6 is 0 Å². The van der Waals surface area contributed by atoms with Crippen LogP contribution in [0.25, 0.3) is 32.7 Å². The summed E-state index contributed by atoms with van der Waals surface area (Å²) in [5.74, 6) is -3.88. The van der Waals surface area contributed by atoms with Gasteiger partial charge in [0.15, 0.2) is 6.73 Å². The zero-order valence-electron chi connectivity index (χ0n) is 33.3. The van der Waals surface area contributed by atoms with Gasteiger partial charge in [0.05, 0.1) is 65.3 Å². The van der Waals surface area contributed by atoms with E-state index in [4.69, 9.17) is 14.2 Å². The molecule has 0 saturated carbocycles. The monoisotopic (exact) mass is 820 g/mol. The molecule has 6 aromatic carbocycles. The van der Waals surface area contributed by atoms with E-state index >= 15 is 0 Å². The number of nitrogens with zero attached hydrogens (tertiary/aromatic N) is 2. The van der Waals surface area contributed by atoms with E-state index in [0.717, 1.165) is 20.6 Å². The predicted molar refractivity (Wildman–Crippen MR) is 220 cm³/mol. The van der Waals surface area contributed by atoms with Crippen molar-refractivity contribution in [2.45, 2.75) is 13.8 Å². The van der Waals surface area contributed by atoms with E-state index in [0.29, 0.717) is 50.8 Å². The van der Waals surface area contributed by atoms with Crippen molar-refractivity contribution in [1.29, 1.82) is 0 Å². The zero-order valence-corrected chi connectivity index (χ0v) is 33.3. The van der Waals surface area contributed by atoms with Crippen LogP contribution in [0, 0.1) is 0 Å². The van der Waals surface area contributed by atoms with Crippen molar-refractivity contribution in [3.8, 4) is 11.1 Å². The second kappa shape index (κ2) is 17.1. The lowest BCUT2D eigenvalue weighted by molar-refractivity contribution is 0.0226. The minimum atomic E-state index is -0.732. The van der Waals surface area contributed by atoms with Crippen molar-refractivity contribution in [3.05, 3.63) is 154 Å². The van der Waals surface area contributed by atoms with Crippen LogP contribution < -0.4 is 0 Å². The molecule has 61 heavy (non-hydrogen) atoms. The molecular formula is C47H36N2O12. The summed E-state index contributed by atoms with van der Waals surface area (Å²) in [6.07, 6.45) is 0. The summed E-state index contributed by atoms with van der Waals surface area (Å²) in [6.45, 7) is 3.51. The molecular weight excluding hydrogens is 785 g/mol. The molecule has 2 heterocycles. The number of methoxy groups -OCH3 is 2. The number of carbonyl (C=O) groups excluding carboxylic acids is 8. The van der Waals surface area contributed by atoms with E-state index in [2.05, 4.69) is 4.74 Å². The number of ether oxygens (including phenoxy) is 4. The van der Waals surface area contributed by atoms with Gasteiger partial charge in [-0.3, -0.25) is 24.1 Å². The average molecular weight is 821 g/mol. The molecule has 14 heteroatoms. The fraction of sp³-hybridized carbons (Fsp3) is 0.149. The Hall–Kier alpha value is -8.00. The number of hydrogen-bond acceptors (Lipinski definition) is 12. The third-order valence-corrected chi connectivity index (χ3v) is 10.2. The molecule has 14 nitrogen and oxygen atoms in total. The van der Waals surface area contributed by atoms with Crippen LogP contribution in [0.4, 0.5) is 0 Å². The molecule has 0 saturated heterocycles. The van der Waals surface area contributed by atoms with Crippen molar-refractivity contribution in [2.24, 2.45) is 0 Å². The molecule has 2 aliphatic rings. The summed E-state index contributed by atoms with van der Waals surface area (Å²) in [5.41, 5.74) is 3.66. The first-order chi connectivity index (χ1) is 29.4. The highest BCUT2D eigenvalue weighted by molar-refractivity contribution is 6.23. The van der Waals surface area contributed by atoms with Gasteiger partial charge in [-0.05, 0) is 119 Å². The number of amides is 4. The largest absolute Gasteiger partial charge is 0.465 e. The maximum Gasteiger partial charge on any atom is 0.339 e. The van der Waals surface area contributed by atoms with Gasteiger partial charge in [0.25, 0.3) is 23.6 Å². The maximum absolute atomic E-state index is 13.2. The average Bonchev–Trinajstić information content (AvgIpc) is 3.68. The molecule has 0 unspecified atom stereocenters. The Bertz CT molecular complexity index is 2860. The molecule has 6 aromatic rings. The Balaban J connectivity index is 0.000000247. The molecule has 0 atom stereocenters. The summed E-state index contributed by atoms with van der Waals surface area (Å²) in [6, 6.07) is 29.6. The molecule has 0 bridgehead atoms. The normalized spacial score (nSPS) is 12.8. The van der Waals surface area contributed by atoms with Crippen LogP contribution in [0.3, 0.4) is 0 Å². The quantitative estimate of drug-likeness (QED) is 0.0820. The van der Waals surface area contributed by atoms with E-state index in [1.807, 2.05) is 0 Å². The minimum Gasteiger partial charge on any atom is -0.465 e. The van der Waals surface area contributed by atoms with Crippen LogP contribution in [-0.4, -0.2) is 91.4 Å². The van der Waals surface area contributed by atoms with E-state index in [1.54, 1.807) is 111 Å². The van der Waals surface area contributed by atoms with Crippen molar-refractivity contribution >= 4 is 69.1 Å². The molecule has 0 fully saturated rings. The molecule has 2 aliphatic heterocycles. The van der Waals surface area contributed by atoms with Crippen molar-refractivity contribution < 1.29 is 57.3 Å². The summed E-state index contributed by atoms with van der Waals surface area (Å²) in [4.78, 5) is 101. The number of rotatable bonds is 9. The van der Waals surface area contributed by atoms with Crippen molar-refractivity contribution in [2.75, 3.05) is 34.1 Å². The highest BCUT2D eigenvalue weighted by Crippen LogP contribution is 2.32. The Labute approximate surface area is 348 Å². The molecule has 306 valence electrons. The summed E-state index contributed by atoms with van der Waals surface area (Å²) in [7, 11) is 2.64. The van der Waals surface area contributed by atoms with Crippen molar-refractivity contribution in [1.82, 2.24) is 9.80 Å². The van der Waals surface area contributed by atoms with Crippen LogP contribution in [0.2, 0.25) is 0 Å². The third-order valence-electron chi connectivity index (χ3n) is 10.2. The smallest absolute Gasteiger partial charge is 0.339 e. The first-order valence-electron chi connectivity index (χ1n) is 19.0. The van der Waals surface area contributed by atoms with Gasteiger partial charge in [0, 0.05) is 6.54 Å². The van der Waals surface area contributed by atoms with Crippen LogP contribution in [0.15, 0.2) is 109 Å². The molecule has 8 rings (SSSR count). The molecule has 4 amide bonds. The number of benzene rings is 6. The lowest BCUT2D eigenvalue weighted by Gasteiger charge is -2.14. The van der Waals surface area contributed by atoms with Gasteiger partial charge in [0.1, 0.15) is 0 Å². The van der Waals surface area contributed by atoms with Gasteiger partial charge < -0.3 is 18.9 Å². The molecule has 0 radical (unpaired) electrons. The summed E-state index contributed by atoms with van der Waals surface area (Å²) >= 11 is 0. The number of esters is 4. The standard InChI is InChI=1S/C32H22N2O8.C15H14O4/c1-3-33-27(35)23-10-8-19(14-25(23)29(33)37)20-9-11-24-26(15-20)30(38)34(28(24)36)16-42-32(40)22-7-5-17-12-21(31(39)41-2)6-4-18(17)13-22;1-3-19-15(17)13-7-5-10-8-12(14(16)18-2)6-4-11(10)9-13/h4-15H,3,16H2,1-2H3;4-9H,3H2,1-2H3. The first-order valence-corrected chi connectivity index (χ1v) is 19.0. The second-order valence-electron chi connectivity index (χ2n) is 13.7. The molecule has 0 N–H and O–H groups in total. The van der Waals surface area contributed by atoms with Gasteiger partial charge >= 0.3 is 23.9 Å². The Morgan fingerprint density at radius 3 is 1.18 bits per heavy atom. The van der Waals surface area contributed by atoms with Crippen LogP contribution in [0.1, 0.15) is 96.7 Å². The molecule has 0 aromatic heterocycles. The van der Waals surface area contributed by atoms with Gasteiger partial charge in [-0.25, -0.2) is 24.1 Å².